The Balaban J connectivity index is 1.50. The van der Waals surface area contributed by atoms with Gasteiger partial charge in [0.25, 0.3) is 5.91 Å². The number of nitrogens with zero attached hydrogens (tertiary/aromatic N) is 1. The van der Waals surface area contributed by atoms with E-state index in [1.807, 2.05) is 24.3 Å². The largest absolute Gasteiger partial charge is 0.453 e. The number of esters is 1. The number of hydrogen-bond donors (Lipinski definition) is 1. The van der Waals surface area contributed by atoms with E-state index in [4.69, 9.17) is 20.8 Å². The lowest BCUT2D eigenvalue weighted by atomic mass is 10.3. The molecule has 0 bridgehead atoms. The lowest BCUT2D eigenvalue weighted by Gasteiger charge is -2.14. The van der Waals surface area contributed by atoms with E-state index in [0.717, 1.165) is 5.52 Å². The Morgan fingerprint density at radius 2 is 1.92 bits per heavy atom. The summed E-state index contributed by atoms with van der Waals surface area (Å²) in [6, 6.07) is 14.2. The zero-order valence-electron chi connectivity index (χ0n) is 14.1. The zero-order chi connectivity index (χ0) is 18.5. The first-order chi connectivity index (χ1) is 12.5. The lowest BCUT2D eigenvalue weighted by Crippen LogP contribution is -2.30. The number of rotatable bonds is 6. The van der Waals surface area contributed by atoms with Crippen LogP contribution in [0, 0.1) is 0 Å². The number of para-hydroxylation sites is 3. The number of oxazole rings is 1. The number of anilines is 1. The molecule has 3 rings (SSSR count). The van der Waals surface area contributed by atoms with Gasteiger partial charge in [-0.3, -0.25) is 9.59 Å². The molecule has 0 saturated heterocycles. The maximum atomic E-state index is 12.1. The highest BCUT2D eigenvalue weighted by atomic mass is 35.5. The van der Waals surface area contributed by atoms with Crippen molar-refractivity contribution in [2.24, 2.45) is 0 Å². The first-order valence-corrected chi connectivity index (χ1v) is 8.50. The minimum absolute atomic E-state index is 0.0660. The number of nitrogens with one attached hydrogen (secondary N) is 1. The second-order valence-electron chi connectivity index (χ2n) is 5.68. The van der Waals surface area contributed by atoms with Gasteiger partial charge in [0.1, 0.15) is 5.52 Å². The fourth-order valence-electron chi connectivity index (χ4n) is 2.34. The second kappa shape index (κ2) is 8.01. The average Bonchev–Trinajstić information content (AvgIpc) is 3.05. The van der Waals surface area contributed by atoms with Crippen LogP contribution in [0.2, 0.25) is 5.02 Å². The molecule has 2 aromatic carbocycles. The highest BCUT2D eigenvalue weighted by Crippen LogP contribution is 2.21. The molecule has 0 spiro atoms. The molecule has 0 saturated carbocycles. The Morgan fingerprint density at radius 1 is 1.19 bits per heavy atom. The topological polar surface area (TPSA) is 81.4 Å². The summed E-state index contributed by atoms with van der Waals surface area (Å²) in [4.78, 5) is 28.4. The number of aryl methyl sites for hydroxylation is 1. The fourth-order valence-corrected chi connectivity index (χ4v) is 2.53. The summed E-state index contributed by atoms with van der Waals surface area (Å²) >= 11 is 5.99. The number of ether oxygens (including phenoxy) is 1. The number of benzene rings is 2. The van der Waals surface area contributed by atoms with E-state index in [9.17, 15) is 9.59 Å². The number of carbonyl (C=O) groups excluding carboxylic acids is 2. The summed E-state index contributed by atoms with van der Waals surface area (Å²) in [5, 5.41) is 3.04. The molecule has 0 radical (unpaired) electrons. The minimum atomic E-state index is -0.942. The molecule has 134 valence electrons. The highest BCUT2D eigenvalue weighted by Gasteiger charge is 2.19. The number of amides is 1. The molecule has 0 unspecified atom stereocenters. The third-order valence-electron chi connectivity index (χ3n) is 3.69. The molecule has 3 aromatic rings. The zero-order valence-corrected chi connectivity index (χ0v) is 14.8. The second-order valence-corrected chi connectivity index (χ2v) is 6.08. The van der Waals surface area contributed by atoms with E-state index in [-0.39, 0.29) is 6.42 Å². The maximum absolute atomic E-state index is 12.1. The Labute approximate surface area is 155 Å². The van der Waals surface area contributed by atoms with Crippen molar-refractivity contribution in [1.82, 2.24) is 4.98 Å². The summed E-state index contributed by atoms with van der Waals surface area (Å²) in [6.07, 6.45) is -0.578. The van der Waals surface area contributed by atoms with E-state index in [0.29, 0.717) is 28.6 Å². The predicted octanol–water partition coefficient (Wildman–Crippen LogP) is 3.98. The normalized spacial score (nSPS) is 11.9. The SMILES string of the molecule is C[C@H](OC(=O)CCc1nc2ccccc2o1)C(=O)Nc1ccccc1Cl. The quantitative estimate of drug-likeness (QED) is 0.662. The van der Waals surface area contributed by atoms with Gasteiger partial charge in [-0.25, -0.2) is 4.98 Å². The average molecular weight is 373 g/mol. The van der Waals surface area contributed by atoms with Gasteiger partial charge in [0, 0.05) is 6.42 Å². The van der Waals surface area contributed by atoms with Crippen LogP contribution in [0.5, 0.6) is 0 Å². The first-order valence-electron chi connectivity index (χ1n) is 8.12. The van der Waals surface area contributed by atoms with E-state index in [1.165, 1.54) is 6.92 Å². The molecule has 6 nitrogen and oxygen atoms in total. The van der Waals surface area contributed by atoms with Crippen LogP contribution < -0.4 is 5.32 Å². The van der Waals surface area contributed by atoms with Gasteiger partial charge >= 0.3 is 5.97 Å². The van der Waals surface area contributed by atoms with Crippen molar-refractivity contribution in [3.8, 4) is 0 Å². The molecule has 1 N–H and O–H groups in total. The highest BCUT2D eigenvalue weighted by molar-refractivity contribution is 6.33. The van der Waals surface area contributed by atoms with Crippen molar-refractivity contribution in [3.63, 3.8) is 0 Å². The number of fused-ring (bicyclic) bond motifs is 1. The van der Waals surface area contributed by atoms with Gasteiger partial charge < -0.3 is 14.5 Å². The standard InChI is InChI=1S/C19H17ClN2O4/c1-12(19(24)22-14-7-3-2-6-13(14)20)25-18(23)11-10-17-21-15-8-4-5-9-16(15)26-17/h2-9,12H,10-11H2,1H3,(H,22,24)/t12-/m0/s1. The van der Waals surface area contributed by atoms with E-state index in [1.54, 1.807) is 24.3 Å². The first kappa shape index (κ1) is 17.9. The van der Waals surface area contributed by atoms with Gasteiger partial charge in [0.05, 0.1) is 17.1 Å². The Bertz CT molecular complexity index is 905. The number of aromatic nitrogens is 1. The summed E-state index contributed by atoms with van der Waals surface area (Å²) in [5.74, 6) is -0.501. The molecule has 1 amide bonds. The van der Waals surface area contributed by atoms with Gasteiger partial charge in [-0.05, 0) is 31.2 Å². The third-order valence-corrected chi connectivity index (χ3v) is 4.02. The van der Waals surface area contributed by atoms with Gasteiger partial charge in [0.2, 0.25) is 0 Å². The Kier molecular flexibility index (Phi) is 5.53. The van der Waals surface area contributed by atoms with Gasteiger partial charge in [0.15, 0.2) is 17.6 Å². The van der Waals surface area contributed by atoms with Crippen LogP contribution in [-0.4, -0.2) is 23.0 Å². The van der Waals surface area contributed by atoms with E-state index in [2.05, 4.69) is 10.3 Å². The number of halogens is 1. The molecule has 0 aliphatic carbocycles. The van der Waals surface area contributed by atoms with Crippen molar-refractivity contribution < 1.29 is 18.7 Å². The molecule has 26 heavy (non-hydrogen) atoms. The molecule has 0 aliphatic heterocycles. The maximum Gasteiger partial charge on any atom is 0.307 e. The summed E-state index contributed by atoms with van der Waals surface area (Å²) in [6.45, 7) is 1.50. The van der Waals surface area contributed by atoms with Crippen molar-refractivity contribution in [2.75, 3.05) is 5.32 Å². The van der Waals surface area contributed by atoms with Gasteiger partial charge in [-0.2, -0.15) is 0 Å². The minimum Gasteiger partial charge on any atom is -0.453 e. The molecule has 1 aromatic heterocycles. The van der Waals surface area contributed by atoms with E-state index >= 15 is 0 Å². The monoisotopic (exact) mass is 372 g/mol. The molecule has 7 heteroatoms. The van der Waals surface area contributed by atoms with Crippen molar-refractivity contribution in [3.05, 3.63) is 59.4 Å². The van der Waals surface area contributed by atoms with Crippen molar-refractivity contribution in [1.29, 1.82) is 0 Å². The summed E-state index contributed by atoms with van der Waals surface area (Å²) in [5.41, 5.74) is 1.88. The molecule has 0 fully saturated rings. The number of hydrogen-bond acceptors (Lipinski definition) is 5. The third kappa shape index (κ3) is 4.40. The van der Waals surface area contributed by atoms with Crippen molar-refractivity contribution in [2.45, 2.75) is 25.9 Å². The van der Waals surface area contributed by atoms with Crippen LogP contribution >= 0.6 is 11.6 Å². The van der Waals surface area contributed by atoms with Crippen LogP contribution in [0.1, 0.15) is 19.2 Å². The number of carbonyl (C=O) groups is 2. The molecule has 1 atom stereocenters. The lowest BCUT2D eigenvalue weighted by molar-refractivity contribution is -0.153. The molecule has 0 aliphatic rings. The van der Waals surface area contributed by atoms with Gasteiger partial charge in [-0.1, -0.05) is 35.9 Å². The summed E-state index contributed by atoms with van der Waals surface area (Å²) in [7, 11) is 0. The Hall–Kier alpha value is -2.86. The Morgan fingerprint density at radius 3 is 2.69 bits per heavy atom. The molecular weight excluding hydrogens is 356 g/mol. The molecular formula is C19H17ClN2O4. The fraction of sp³-hybridized carbons (Fsp3) is 0.211. The van der Waals surface area contributed by atoms with Crippen LogP contribution in [-0.2, 0) is 20.7 Å². The van der Waals surface area contributed by atoms with Crippen LogP contribution in [0.4, 0.5) is 5.69 Å². The van der Waals surface area contributed by atoms with E-state index < -0.39 is 18.0 Å². The predicted molar refractivity (Wildman–Crippen MR) is 98.0 cm³/mol. The summed E-state index contributed by atoms with van der Waals surface area (Å²) < 4.78 is 10.7. The van der Waals surface area contributed by atoms with Crippen LogP contribution in [0.15, 0.2) is 52.9 Å². The van der Waals surface area contributed by atoms with Crippen molar-refractivity contribution >= 4 is 40.3 Å². The van der Waals surface area contributed by atoms with Gasteiger partial charge in [-0.15, -0.1) is 0 Å². The smallest absolute Gasteiger partial charge is 0.307 e. The van der Waals surface area contributed by atoms with Crippen LogP contribution in [0.3, 0.4) is 0 Å². The van der Waals surface area contributed by atoms with Crippen LogP contribution in [0.25, 0.3) is 11.1 Å². The molecule has 1 heterocycles.